The lowest BCUT2D eigenvalue weighted by Crippen LogP contribution is -2.30. The summed E-state index contributed by atoms with van der Waals surface area (Å²) in [5.41, 5.74) is 0.676. The first-order valence-electron chi connectivity index (χ1n) is 6.97. The fraction of sp³-hybridized carbons (Fsp3) is 0.769. The van der Waals surface area contributed by atoms with Crippen LogP contribution in [-0.4, -0.2) is 42.6 Å². The van der Waals surface area contributed by atoms with E-state index in [1.807, 2.05) is 13.8 Å². The molecule has 6 nitrogen and oxygen atoms in total. The predicted octanol–water partition coefficient (Wildman–Crippen LogP) is 1.57. The lowest BCUT2D eigenvalue weighted by Gasteiger charge is -2.18. The molecule has 0 aliphatic rings. The largest absolute Gasteiger partial charge is 0.310 e. The van der Waals surface area contributed by atoms with Crippen LogP contribution in [-0.2, 0) is 16.6 Å². The van der Waals surface area contributed by atoms with Crippen LogP contribution in [0.3, 0.4) is 0 Å². The number of aromatic amines is 1. The van der Waals surface area contributed by atoms with Gasteiger partial charge in [-0.1, -0.05) is 27.7 Å². The topological polar surface area (TPSA) is 78.1 Å². The molecule has 2 N–H and O–H groups in total. The molecule has 0 fully saturated rings. The van der Waals surface area contributed by atoms with Gasteiger partial charge in [-0.2, -0.15) is 9.40 Å². The second-order valence-corrected chi connectivity index (χ2v) is 7.75. The SMILES string of the molecule is CC(C)CCN(C)S(=O)(=O)c1[nH]ncc1CNC(C)C. The summed E-state index contributed by atoms with van der Waals surface area (Å²) in [5, 5.41) is 9.89. The molecule has 0 spiro atoms. The summed E-state index contributed by atoms with van der Waals surface area (Å²) in [5.74, 6) is 0.469. The number of hydrogen-bond acceptors (Lipinski definition) is 4. The van der Waals surface area contributed by atoms with Crippen LogP contribution < -0.4 is 5.32 Å². The summed E-state index contributed by atoms with van der Waals surface area (Å²) in [6.45, 7) is 9.19. The molecule has 0 amide bonds. The minimum Gasteiger partial charge on any atom is -0.310 e. The first-order chi connectivity index (χ1) is 9.25. The number of rotatable bonds is 8. The third kappa shape index (κ3) is 4.57. The third-order valence-electron chi connectivity index (χ3n) is 3.07. The average molecular weight is 302 g/mol. The molecule has 116 valence electrons. The lowest BCUT2D eigenvalue weighted by molar-refractivity contribution is 0.425. The number of nitrogens with zero attached hydrogens (tertiary/aromatic N) is 2. The quantitative estimate of drug-likeness (QED) is 0.764. The first-order valence-corrected chi connectivity index (χ1v) is 8.41. The van der Waals surface area contributed by atoms with Crippen molar-refractivity contribution in [3.8, 4) is 0 Å². The van der Waals surface area contributed by atoms with Crippen LogP contribution in [0, 0.1) is 5.92 Å². The standard InChI is InChI=1S/C13H26N4O2S/c1-10(2)6-7-17(5)20(18,19)13-12(9-15-16-13)8-14-11(3)4/h9-11,14H,6-8H2,1-5H3,(H,15,16). The van der Waals surface area contributed by atoms with Gasteiger partial charge in [0.05, 0.1) is 6.20 Å². The van der Waals surface area contributed by atoms with E-state index in [1.165, 1.54) is 4.31 Å². The number of sulfonamides is 1. The molecule has 7 heteroatoms. The van der Waals surface area contributed by atoms with Crippen molar-refractivity contribution in [3.63, 3.8) is 0 Å². The summed E-state index contributed by atoms with van der Waals surface area (Å²) in [4.78, 5) is 0. The molecule has 0 aromatic carbocycles. The first kappa shape index (κ1) is 17.1. The molecule has 0 saturated carbocycles. The van der Waals surface area contributed by atoms with Crippen LogP contribution >= 0.6 is 0 Å². The van der Waals surface area contributed by atoms with Gasteiger partial charge >= 0.3 is 0 Å². The van der Waals surface area contributed by atoms with E-state index in [2.05, 4.69) is 29.4 Å². The maximum atomic E-state index is 12.5. The monoisotopic (exact) mass is 302 g/mol. The van der Waals surface area contributed by atoms with Crippen LogP contribution in [0.2, 0.25) is 0 Å². The maximum Gasteiger partial charge on any atom is 0.260 e. The molecule has 0 saturated heterocycles. The van der Waals surface area contributed by atoms with Gasteiger partial charge in [0.1, 0.15) is 0 Å². The molecule has 0 unspecified atom stereocenters. The van der Waals surface area contributed by atoms with Crippen molar-refractivity contribution in [2.24, 2.45) is 5.92 Å². The fourth-order valence-electron chi connectivity index (χ4n) is 1.68. The van der Waals surface area contributed by atoms with E-state index in [-0.39, 0.29) is 5.03 Å². The highest BCUT2D eigenvalue weighted by Crippen LogP contribution is 2.17. The van der Waals surface area contributed by atoms with Gasteiger partial charge in [0.15, 0.2) is 5.03 Å². The summed E-state index contributed by atoms with van der Waals surface area (Å²) in [6, 6.07) is 0.291. The number of hydrogen-bond donors (Lipinski definition) is 2. The number of aromatic nitrogens is 2. The van der Waals surface area contributed by atoms with Gasteiger partial charge < -0.3 is 5.32 Å². The molecule has 20 heavy (non-hydrogen) atoms. The Hall–Kier alpha value is -0.920. The Labute approximate surface area is 122 Å². The molecule has 1 rings (SSSR count). The van der Waals surface area contributed by atoms with Crippen molar-refractivity contribution >= 4 is 10.0 Å². The van der Waals surface area contributed by atoms with Crippen molar-refractivity contribution in [2.45, 2.75) is 51.7 Å². The maximum absolute atomic E-state index is 12.5. The zero-order valence-electron chi connectivity index (χ0n) is 13.0. The van der Waals surface area contributed by atoms with Gasteiger partial charge in [-0.05, 0) is 12.3 Å². The normalized spacial score (nSPS) is 12.8. The second-order valence-electron chi connectivity index (χ2n) is 5.77. The molecular weight excluding hydrogens is 276 g/mol. The third-order valence-corrected chi connectivity index (χ3v) is 4.94. The molecule has 0 radical (unpaired) electrons. The minimum absolute atomic E-state index is 0.192. The smallest absolute Gasteiger partial charge is 0.260 e. The van der Waals surface area contributed by atoms with E-state index < -0.39 is 10.0 Å². The summed E-state index contributed by atoms with van der Waals surface area (Å²) in [6.07, 6.45) is 2.40. The summed E-state index contributed by atoms with van der Waals surface area (Å²) < 4.78 is 26.4. The molecule has 0 aliphatic carbocycles. The van der Waals surface area contributed by atoms with Crippen molar-refractivity contribution < 1.29 is 8.42 Å². The van der Waals surface area contributed by atoms with Crippen LogP contribution in [0.1, 0.15) is 39.7 Å². The van der Waals surface area contributed by atoms with Crippen molar-refractivity contribution in [1.29, 1.82) is 0 Å². The number of H-pyrrole nitrogens is 1. The molecular formula is C13H26N4O2S. The summed E-state index contributed by atoms with van der Waals surface area (Å²) >= 11 is 0. The number of nitrogens with one attached hydrogen (secondary N) is 2. The summed E-state index contributed by atoms with van der Waals surface area (Å²) in [7, 11) is -1.89. The van der Waals surface area contributed by atoms with Gasteiger partial charge in [0.2, 0.25) is 0 Å². The fourth-order valence-corrected chi connectivity index (χ4v) is 2.96. The highest BCUT2D eigenvalue weighted by atomic mass is 32.2. The Balaban J connectivity index is 2.84. The Kier molecular flexibility index (Phi) is 6.16. The highest BCUT2D eigenvalue weighted by Gasteiger charge is 2.25. The molecule has 0 bridgehead atoms. The minimum atomic E-state index is -3.49. The zero-order chi connectivity index (χ0) is 15.3. The lowest BCUT2D eigenvalue weighted by atomic mass is 10.1. The van der Waals surface area contributed by atoms with Crippen LogP contribution in [0.15, 0.2) is 11.2 Å². The Morgan fingerprint density at radius 2 is 2.00 bits per heavy atom. The molecule has 0 aliphatic heterocycles. The van der Waals surface area contributed by atoms with E-state index in [4.69, 9.17) is 0 Å². The van der Waals surface area contributed by atoms with Gasteiger partial charge in [-0.15, -0.1) is 0 Å². The predicted molar refractivity (Wildman–Crippen MR) is 79.8 cm³/mol. The Bertz CT molecular complexity index is 508. The molecule has 0 atom stereocenters. The van der Waals surface area contributed by atoms with Crippen molar-refractivity contribution in [1.82, 2.24) is 19.8 Å². The zero-order valence-corrected chi connectivity index (χ0v) is 13.8. The van der Waals surface area contributed by atoms with Crippen molar-refractivity contribution in [2.75, 3.05) is 13.6 Å². The van der Waals surface area contributed by atoms with Gasteiger partial charge in [0.25, 0.3) is 10.0 Å². The second kappa shape index (κ2) is 7.19. The Morgan fingerprint density at radius 3 is 2.55 bits per heavy atom. The average Bonchev–Trinajstić information content (AvgIpc) is 2.82. The van der Waals surface area contributed by atoms with E-state index in [9.17, 15) is 8.42 Å². The van der Waals surface area contributed by atoms with E-state index in [1.54, 1.807) is 13.2 Å². The van der Waals surface area contributed by atoms with Crippen molar-refractivity contribution in [3.05, 3.63) is 11.8 Å². The van der Waals surface area contributed by atoms with E-state index in [0.717, 1.165) is 6.42 Å². The van der Waals surface area contributed by atoms with Crippen LogP contribution in [0.4, 0.5) is 0 Å². The molecule has 1 heterocycles. The van der Waals surface area contributed by atoms with Gasteiger partial charge in [-0.25, -0.2) is 8.42 Å². The van der Waals surface area contributed by atoms with E-state index >= 15 is 0 Å². The highest BCUT2D eigenvalue weighted by molar-refractivity contribution is 7.89. The molecule has 1 aromatic heterocycles. The van der Waals surface area contributed by atoms with E-state index in [0.29, 0.717) is 30.6 Å². The Morgan fingerprint density at radius 1 is 1.35 bits per heavy atom. The van der Waals surface area contributed by atoms with Crippen LogP contribution in [0.25, 0.3) is 0 Å². The van der Waals surface area contributed by atoms with Gasteiger partial charge in [0, 0.05) is 31.7 Å². The molecule has 1 aromatic rings. The van der Waals surface area contributed by atoms with Gasteiger partial charge in [-0.3, -0.25) is 5.10 Å². The van der Waals surface area contributed by atoms with Crippen LogP contribution in [0.5, 0.6) is 0 Å².